The number of nitrogens with one attached hydrogen (secondary N) is 1. The van der Waals surface area contributed by atoms with Gasteiger partial charge in [-0.3, -0.25) is 5.43 Å². The van der Waals surface area contributed by atoms with Gasteiger partial charge < -0.3 is 15.3 Å². The topological polar surface area (TPSA) is 76.0 Å². The van der Waals surface area contributed by atoms with Crippen LogP contribution in [0.1, 0.15) is 6.42 Å². The Hall–Kier alpha value is -0.200. The lowest BCUT2D eigenvalue weighted by Gasteiger charge is -2.38. The van der Waals surface area contributed by atoms with Gasteiger partial charge in [0.05, 0.1) is 18.2 Å². The molecule has 12 heavy (non-hydrogen) atoms. The van der Waals surface area contributed by atoms with Crippen LogP contribution >= 0.6 is 0 Å². The summed E-state index contributed by atoms with van der Waals surface area (Å²) < 4.78 is 0. The number of hydrogen-bond acceptors (Lipinski definition) is 5. The molecule has 2 fully saturated rings. The first-order chi connectivity index (χ1) is 5.70. The maximum Gasteiger partial charge on any atom is 0.101 e. The molecule has 0 saturated carbocycles. The zero-order valence-corrected chi connectivity index (χ0v) is 6.72. The Labute approximate surface area is 70.6 Å². The van der Waals surface area contributed by atoms with Crippen molar-refractivity contribution in [3.05, 3.63) is 0 Å². The molecule has 4 atom stereocenters. The van der Waals surface area contributed by atoms with Crippen molar-refractivity contribution in [2.45, 2.75) is 30.8 Å². The van der Waals surface area contributed by atoms with E-state index < -0.39 is 18.3 Å². The number of aliphatic hydroxyl groups is 3. The summed E-state index contributed by atoms with van der Waals surface area (Å²) in [7, 11) is 0. The van der Waals surface area contributed by atoms with Crippen molar-refractivity contribution < 1.29 is 15.3 Å². The van der Waals surface area contributed by atoms with Crippen molar-refractivity contribution in [3.63, 3.8) is 0 Å². The molecule has 5 heteroatoms. The van der Waals surface area contributed by atoms with E-state index in [9.17, 15) is 15.3 Å². The summed E-state index contributed by atoms with van der Waals surface area (Å²) in [4.78, 5) is 0. The Morgan fingerprint density at radius 2 is 1.92 bits per heavy atom. The monoisotopic (exact) mass is 174 g/mol. The lowest BCUT2D eigenvalue weighted by atomic mass is 10.00. The lowest BCUT2D eigenvalue weighted by molar-refractivity contribution is -0.102. The van der Waals surface area contributed by atoms with E-state index in [4.69, 9.17) is 0 Å². The van der Waals surface area contributed by atoms with E-state index in [2.05, 4.69) is 5.43 Å². The highest BCUT2D eigenvalue weighted by molar-refractivity contribution is 4.96. The molecule has 2 aliphatic heterocycles. The van der Waals surface area contributed by atoms with Crippen LogP contribution in [0.3, 0.4) is 0 Å². The normalized spacial score (nSPS) is 49.2. The number of nitrogens with zero attached hydrogens (tertiary/aromatic N) is 1. The maximum absolute atomic E-state index is 9.53. The summed E-state index contributed by atoms with van der Waals surface area (Å²) >= 11 is 0. The van der Waals surface area contributed by atoms with Gasteiger partial charge in [-0.1, -0.05) is 0 Å². The van der Waals surface area contributed by atoms with Crippen molar-refractivity contribution in [2.24, 2.45) is 0 Å². The molecule has 2 rings (SSSR count). The van der Waals surface area contributed by atoms with Gasteiger partial charge in [0.25, 0.3) is 0 Å². The van der Waals surface area contributed by atoms with Gasteiger partial charge in [0, 0.05) is 13.1 Å². The van der Waals surface area contributed by atoms with Gasteiger partial charge in [-0.25, -0.2) is 5.01 Å². The predicted molar refractivity (Wildman–Crippen MR) is 41.1 cm³/mol. The van der Waals surface area contributed by atoms with E-state index in [0.717, 1.165) is 6.54 Å². The summed E-state index contributed by atoms with van der Waals surface area (Å²) in [6.07, 6.45) is -1.47. The van der Waals surface area contributed by atoms with Gasteiger partial charge in [-0.2, -0.15) is 0 Å². The van der Waals surface area contributed by atoms with Crippen LogP contribution in [0.25, 0.3) is 0 Å². The van der Waals surface area contributed by atoms with Gasteiger partial charge in [0.15, 0.2) is 0 Å². The van der Waals surface area contributed by atoms with Gasteiger partial charge in [0.1, 0.15) is 6.10 Å². The molecule has 0 bridgehead atoms. The van der Waals surface area contributed by atoms with E-state index in [0.29, 0.717) is 13.0 Å². The number of rotatable bonds is 0. The molecule has 0 aromatic rings. The van der Waals surface area contributed by atoms with E-state index in [1.165, 1.54) is 0 Å². The van der Waals surface area contributed by atoms with Crippen LogP contribution in [0.4, 0.5) is 0 Å². The first kappa shape index (κ1) is 8.40. The van der Waals surface area contributed by atoms with Gasteiger partial charge >= 0.3 is 0 Å². The molecule has 0 amide bonds. The second-order valence-electron chi connectivity index (χ2n) is 3.46. The van der Waals surface area contributed by atoms with Gasteiger partial charge in [-0.15, -0.1) is 0 Å². The third-order valence-electron chi connectivity index (χ3n) is 2.67. The molecule has 2 saturated heterocycles. The Morgan fingerprint density at radius 1 is 1.17 bits per heavy atom. The molecule has 0 radical (unpaired) electrons. The van der Waals surface area contributed by atoms with Crippen molar-refractivity contribution in [1.82, 2.24) is 10.4 Å². The number of hydrazine groups is 1. The second-order valence-corrected chi connectivity index (χ2v) is 3.46. The molecule has 2 aliphatic rings. The van der Waals surface area contributed by atoms with Crippen LogP contribution in [0.2, 0.25) is 0 Å². The Bertz CT molecular complexity index is 178. The number of aliphatic hydroxyl groups excluding tert-OH is 3. The molecular formula is C7H14N2O3. The Kier molecular flexibility index (Phi) is 2.05. The zero-order chi connectivity index (χ0) is 8.72. The fourth-order valence-electron chi connectivity index (χ4n) is 1.95. The van der Waals surface area contributed by atoms with Crippen molar-refractivity contribution in [3.8, 4) is 0 Å². The first-order valence-electron chi connectivity index (χ1n) is 4.24. The fourth-order valence-corrected chi connectivity index (χ4v) is 1.95. The standard InChI is InChI=1S/C7H14N2O3/c10-4-1-2-9-6(4)7(12)5(11)3-8-9/h4-8,10-12H,1-3H2/t4-,5+,6+,7-/m0/s1. The number of β-amino-alcohol motifs (C(OH)–C–C–N with tert-alkyl or cyclic N) is 1. The smallest absolute Gasteiger partial charge is 0.101 e. The van der Waals surface area contributed by atoms with E-state index in [1.54, 1.807) is 0 Å². The molecule has 0 spiro atoms. The largest absolute Gasteiger partial charge is 0.391 e. The molecule has 70 valence electrons. The number of fused-ring (bicyclic) bond motifs is 1. The van der Waals surface area contributed by atoms with Gasteiger partial charge in [0.2, 0.25) is 0 Å². The molecule has 0 aromatic carbocycles. The van der Waals surface area contributed by atoms with Crippen LogP contribution < -0.4 is 5.43 Å². The third-order valence-corrected chi connectivity index (χ3v) is 2.67. The SMILES string of the molecule is O[C@@H]1[C@H]2[C@@H](O)CCN2NC[C@H]1O. The summed E-state index contributed by atoms with van der Waals surface area (Å²) in [6.45, 7) is 1.10. The van der Waals surface area contributed by atoms with Crippen LogP contribution in [-0.2, 0) is 0 Å². The van der Waals surface area contributed by atoms with E-state index >= 15 is 0 Å². The highest BCUT2D eigenvalue weighted by Crippen LogP contribution is 2.23. The highest BCUT2D eigenvalue weighted by Gasteiger charge is 2.44. The molecule has 4 N–H and O–H groups in total. The van der Waals surface area contributed by atoms with Crippen molar-refractivity contribution in [1.29, 1.82) is 0 Å². The third kappa shape index (κ3) is 1.14. The fraction of sp³-hybridized carbons (Fsp3) is 1.00. The maximum atomic E-state index is 9.53. The zero-order valence-electron chi connectivity index (χ0n) is 6.72. The van der Waals surface area contributed by atoms with Crippen molar-refractivity contribution >= 4 is 0 Å². The van der Waals surface area contributed by atoms with Crippen molar-refractivity contribution in [2.75, 3.05) is 13.1 Å². The molecule has 0 unspecified atom stereocenters. The highest BCUT2D eigenvalue weighted by atomic mass is 16.3. The summed E-state index contributed by atoms with van der Waals surface area (Å²) in [5.41, 5.74) is 2.95. The molecule has 0 aliphatic carbocycles. The van der Waals surface area contributed by atoms with Crippen LogP contribution in [0, 0.1) is 0 Å². The van der Waals surface area contributed by atoms with E-state index in [-0.39, 0.29) is 6.04 Å². The average Bonchev–Trinajstić information content (AvgIpc) is 2.41. The first-order valence-corrected chi connectivity index (χ1v) is 4.24. The van der Waals surface area contributed by atoms with E-state index in [1.807, 2.05) is 5.01 Å². The quantitative estimate of drug-likeness (QED) is 0.331. The molecule has 2 heterocycles. The Balaban J connectivity index is 2.11. The minimum absolute atomic E-state index is 0.339. The minimum atomic E-state index is -0.830. The molecular weight excluding hydrogens is 160 g/mol. The summed E-state index contributed by atoms with van der Waals surface area (Å²) in [5.74, 6) is 0. The molecule has 5 nitrogen and oxygen atoms in total. The number of hydrogen-bond donors (Lipinski definition) is 4. The van der Waals surface area contributed by atoms with Crippen LogP contribution in [0.5, 0.6) is 0 Å². The predicted octanol–water partition coefficient (Wildman–Crippen LogP) is -2.34. The van der Waals surface area contributed by atoms with Crippen LogP contribution in [-0.4, -0.2) is 57.8 Å². The minimum Gasteiger partial charge on any atom is -0.391 e. The summed E-state index contributed by atoms with van der Waals surface area (Å²) in [6, 6.07) is -0.339. The second kappa shape index (κ2) is 2.93. The van der Waals surface area contributed by atoms with Crippen LogP contribution in [0.15, 0.2) is 0 Å². The summed E-state index contributed by atoms with van der Waals surface area (Å²) in [5, 5.41) is 30.1. The molecule has 0 aromatic heterocycles. The Morgan fingerprint density at radius 3 is 2.67 bits per heavy atom. The van der Waals surface area contributed by atoms with Gasteiger partial charge in [-0.05, 0) is 6.42 Å². The lowest BCUT2D eigenvalue weighted by Crippen LogP contribution is -2.62. The average molecular weight is 174 g/mol.